The van der Waals surface area contributed by atoms with E-state index in [0.29, 0.717) is 15.6 Å². The zero-order valence-corrected chi connectivity index (χ0v) is 8.98. The zero-order valence-electron chi connectivity index (χ0n) is 8.98. The van der Waals surface area contributed by atoms with Gasteiger partial charge in [0, 0.05) is 18.1 Å². The molecule has 0 aliphatic rings. The summed E-state index contributed by atoms with van der Waals surface area (Å²) in [7, 11) is 1.75. The number of hydrogen-bond acceptors (Lipinski definition) is 4. The van der Waals surface area contributed by atoms with Gasteiger partial charge >= 0.3 is 0 Å². The number of hydrogen-bond donors (Lipinski definition) is 3. The molecule has 1 heterocycles. The highest BCUT2D eigenvalue weighted by Crippen LogP contribution is 2.31. The lowest BCUT2D eigenvalue weighted by molar-refractivity contribution is 0.100. The molecule has 1 aromatic heterocycles. The molecule has 0 bridgehead atoms. The molecule has 0 unspecified atom stereocenters. The molecule has 0 radical (unpaired) electrons. The maximum atomic E-state index is 11.3. The molecule has 0 amide bonds. The Morgan fingerprint density at radius 2 is 2.12 bits per heavy atom. The standard InChI is InChI=1S/C11H12N2O3/c1-6(14)10-8-4-3-7(12-2)5-9(8)13(16)11(10)15/h3-5,12,15-16H,1-2H3. The van der Waals surface area contributed by atoms with Crippen molar-refractivity contribution in [3.63, 3.8) is 0 Å². The number of nitrogens with zero attached hydrogens (tertiary/aromatic N) is 1. The number of aromatic nitrogens is 1. The van der Waals surface area contributed by atoms with Crippen LogP contribution in [0.4, 0.5) is 5.69 Å². The Kier molecular flexibility index (Phi) is 2.23. The van der Waals surface area contributed by atoms with E-state index < -0.39 is 5.88 Å². The van der Waals surface area contributed by atoms with Crippen LogP contribution in [0.15, 0.2) is 18.2 Å². The first-order chi connectivity index (χ1) is 7.56. The first-order valence-corrected chi connectivity index (χ1v) is 4.81. The third kappa shape index (κ3) is 1.29. The molecular weight excluding hydrogens is 208 g/mol. The van der Waals surface area contributed by atoms with Gasteiger partial charge in [-0.25, -0.2) is 0 Å². The number of nitrogens with one attached hydrogen (secondary N) is 1. The number of Topliss-reactive ketones (excluding diaryl/α,β-unsaturated/α-hetero) is 1. The van der Waals surface area contributed by atoms with E-state index in [0.717, 1.165) is 5.69 Å². The zero-order chi connectivity index (χ0) is 11.9. The van der Waals surface area contributed by atoms with E-state index in [2.05, 4.69) is 5.32 Å². The third-order valence-corrected chi connectivity index (χ3v) is 2.56. The molecule has 0 aliphatic carbocycles. The number of fused-ring (bicyclic) bond motifs is 1. The molecule has 5 nitrogen and oxygen atoms in total. The van der Waals surface area contributed by atoms with Crippen molar-refractivity contribution < 1.29 is 15.1 Å². The predicted octanol–water partition coefficient (Wildman–Crippen LogP) is 1.83. The highest BCUT2D eigenvalue weighted by Gasteiger charge is 2.19. The minimum absolute atomic E-state index is 0.139. The molecule has 16 heavy (non-hydrogen) atoms. The van der Waals surface area contributed by atoms with Crippen molar-refractivity contribution in [2.45, 2.75) is 6.92 Å². The van der Waals surface area contributed by atoms with E-state index in [-0.39, 0.29) is 11.3 Å². The molecule has 0 atom stereocenters. The second-order valence-corrected chi connectivity index (χ2v) is 3.55. The van der Waals surface area contributed by atoms with Gasteiger partial charge in [-0.3, -0.25) is 4.79 Å². The summed E-state index contributed by atoms with van der Waals surface area (Å²) >= 11 is 0. The minimum Gasteiger partial charge on any atom is -0.492 e. The van der Waals surface area contributed by atoms with Gasteiger partial charge in [-0.1, -0.05) is 0 Å². The summed E-state index contributed by atoms with van der Waals surface area (Å²) in [6, 6.07) is 5.11. The normalized spacial score (nSPS) is 10.6. The van der Waals surface area contributed by atoms with Gasteiger partial charge in [0.2, 0.25) is 5.88 Å². The third-order valence-electron chi connectivity index (χ3n) is 2.56. The average molecular weight is 220 g/mol. The summed E-state index contributed by atoms with van der Waals surface area (Å²) in [6.07, 6.45) is 0. The van der Waals surface area contributed by atoms with Crippen LogP contribution >= 0.6 is 0 Å². The molecule has 0 aliphatic heterocycles. The predicted molar refractivity (Wildman–Crippen MR) is 60.3 cm³/mol. The van der Waals surface area contributed by atoms with E-state index in [4.69, 9.17) is 0 Å². The van der Waals surface area contributed by atoms with Gasteiger partial charge in [-0.15, -0.1) is 0 Å². The second-order valence-electron chi connectivity index (χ2n) is 3.55. The molecule has 84 valence electrons. The van der Waals surface area contributed by atoms with Crippen molar-refractivity contribution >= 4 is 22.4 Å². The Balaban J connectivity index is 2.84. The number of anilines is 1. The Hall–Kier alpha value is -2.17. The van der Waals surface area contributed by atoms with E-state index in [1.54, 1.807) is 25.2 Å². The monoisotopic (exact) mass is 220 g/mol. The van der Waals surface area contributed by atoms with E-state index in [9.17, 15) is 15.1 Å². The number of rotatable bonds is 2. The summed E-state index contributed by atoms with van der Waals surface area (Å²) in [6.45, 7) is 1.35. The van der Waals surface area contributed by atoms with E-state index in [1.807, 2.05) is 0 Å². The van der Waals surface area contributed by atoms with Gasteiger partial charge < -0.3 is 15.6 Å². The summed E-state index contributed by atoms with van der Waals surface area (Å²) in [5, 5.41) is 22.7. The van der Waals surface area contributed by atoms with Crippen molar-refractivity contribution in [3.05, 3.63) is 23.8 Å². The minimum atomic E-state index is -0.421. The Bertz CT molecular complexity index is 572. The molecular formula is C11H12N2O3. The Labute approximate surface area is 91.9 Å². The summed E-state index contributed by atoms with van der Waals surface area (Å²) in [4.78, 5) is 11.3. The van der Waals surface area contributed by atoms with Gasteiger partial charge in [0.1, 0.15) is 0 Å². The highest BCUT2D eigenvalue weighted by atomic mass is 16.5. The second kappa shape index (κ2) is 3.44. The van der Waals surface area contributed by atoms with Crippen LogP contribution in [-0.4, -0.2) is 27.9 Å². The molecule has 3 N–H and O–H groups in total. The topological polar surface area (TPSA) is 74.5 Å². The average Bonchev–Trinajstić information content (AvgIpc) is 2.51. The maximum Gasteiger partial charge on any atom is 0.236 e. The fourth-order valence-corrected chi connectivity index (χ4v) is 1.76. The number of carbonyl (C=O) groups excluding carboxylic acids is 1. The summed E-state index contributed by atoms with van der Waals surface area (Å²) in [5.74, 6) is -0.705. The first-order valence-electron chi connectivity index (χ1n) is 4.81. The first kappa shape index (κ1) is 10.4. The molecule has 5 heteroatoms. The SMILES string of the molecule is CNc1ccc2c(C(C)=O)c(O)n(O)c2c1. The van der Waals surface area contributed by atoms with Crippen LogP contribution in [0.25, 0.3) is 10.9 Å². The molecule has 0 spiro atoms. The Morgan fingerprint density at radius 3 is 2.69 bits per heavy atom. The lowest BCUT2D eigenvalue weighted by Crippen LogP contribution is -1.92. The van der Waals surface area contributed by atoms with Crippen molar-refractivity contribution in [1.82, 2.24) is 4.73 Å². The van der Waals surface area contributed by atoms with Gasteiger partial charge in [0.05, 0.1) is 11.1 Å². The number of ketones is 1. The van der Waals surface area contributed by atoms with Crippen LogP contribution in [0.1, 0.15) is 17.3 Å². The largest absolute Gasteiger partial charge is 0.492 e. The number of carbonyl (C=O) groups is 1. The molecule has 0 saturated carbocycles. The fraction of sp³-hybridized carbons (Fsp3) is 0.182. The quantitative estimate of drug-likeness (QED) is 0.533. The van der Waals surface area contributed by atoms with Crippen molar-refractivity contribution in [3.8, 4) is 5.88 Å². The van der Waals surface area contributed by atoms with E-state index in [1.165, 1.54) is 6.92 Å². The Morgan fingerprint density at radius 1 is 1.44 bits per heavy atom. The lowest BCUT2D eigenvalue weighted by atomic mass is 10.1. The molecule has 0 fully saturated rings. The van der Waals surface area contributed by atoms with Crippen molar-refractivity contribution in [2.75, 3.05) is 12.4 Å². The molecule has 2 aromatic rings. The smallest absolute Gasteiger partial charge is 0.236 e. The van der Waals surface area contributed by atoms with E-state index >= 15 is 0 Å². The van der Waals surface area contributed by atoms with Crippen molar-refractivity contribution in [2.24, 2.45) is 0 Å². The molecule has 2 rings (SSSR count). The number of benzene rings is 1. The van der Waals surface area contributed by atoms with Gasteiger partial charge in [0.25, 0.3) is 0 Å². The summed E-state index contributed by atoms with van der Waals surface area (Å²) in [5.41, 5.74) is 1.32. The molecule has 1 aromatic carbocycles. The van der Waals surface area contributed by atoms with Gasteiger partial charge in [0.15, 0.2) is 5.78 Å². The lowest BCUT2D eigenvalue weighted by Gasteiger charge is -2.00. The van der Waals surface area contributed by atoms with Crippen LogP contribution in [0, 0.1) is 0 Å². The van der Waals surface area contributed by atoms with Crippen LogP contribution < -0.4 is 5.32 Å². The number of aromatic hydroxyl groups is 1. The molecule has 0 saturated heterocycles. The summed E-state index contributed by atoms with van der Waals surface area (Å²) < 4.78 is 0.618. The van der Waals surface area contributed by atoms with Crippen LogP contribution in [0.2, 0.25) is 0 Å². The van der Waals surface area contributed by atoms with Crippen LogP contribution in [0.5, 0.6) is 5.88 Å². The fourth-order valence-electron chi connectivity index (χ4n) is 1.76. The van der Waals surface area contributed by atoms with Crippen LogP contribution in [-0.2, 0) is 0 Å². The van der Waals surface area contributed by atoms with Crippen molar-refractivity contribution in [1.29, 1.82) is 0 Å². The maximum absolute atomic E-state index is 11.3. The van der Waals surface area contributed by atoms with Crippen LogP contribution in [0.3, 0.4) is 0 Å². The van der Waals surface area contributed by atoms with Gasteiger partial charge in [-0.2, -0.15) is 4.73 Å². The highest BCUT2D eigenvalue weighted by molar-refractivity contribution is 6.09. The van der Waals surface area contributed by atoms with Gasteiger partial charge in [-0.05, 0) is 25.1 Å².